The minimum atomic E-state index is -2.51. The average Bonchev–Trinajstić information content (AvgIpc) is 2.45. The summed E-state index contributed by atoms with van der Waals surface area (Å²) < 4.78 is 43.9. The van der Waals surface area contributed by atoms with E-state index in [-0.39, 0.29) is 18.1 Å². The molecule has 0 amide bonds. The number of alkyl halides is 3. The first-order valence-corrected chi connectivity index (χ1v) is 6.83. The smallest absolute Gasteiger partial charge is 0.264 e. The molecular formula is C15H19F3O. The van der Waals surface area contributed by atoms with Gasteiger partial charge in [-0.1, -0.05) is 31.4 Å². The lowest BCUT2D eigenvalue weighted by atomic mass is 9.81. The van der Waals surface area contributed by atoms with Gasteiger partial charge in [-0.15, -0.1) is 0 Å². The summed E-state index contributed by atoms with van der Waals surface area (Å²) in [6, 6.07) is 4.68. The second-order valence-corrected chi connectivity index (χ2v) is 4.93. The van der Waals surface area contributed by atoms with E-state index in [0.717, 1.165) is 32.1 Å². The second kappa shape index (κ2) is 6.83. The molecule has 0 aromatic heterocycles. The summed E-state index contributed by atoms with van der Waals surface area (Å²) in [5.41, 5.74) is 0.647. The van der Waals surface area contributed by atoms with Crippen LogP contribution < -0.4 is 4.74 Å². The molecule has 106 valence electrons. The minimum Gasteiger partial charge on any atom is -0.491 e. The van der Waals surface area contributed by atoms with Crippen molar-refractivity contribution in [2.45, 2.75) is 44.4 Å². The molecule has 4 heteroatoms. The Morgan fingerprint density at radius 2 is 1.89 bits per heavy atom. The van der Waals surface area contributed by atoms with E-state index in [1.165, 1.54) is 6.07 Å². The van der Waals surface area contributed by atoms with Gasteiger partial charge in [0, 0.05) is 11.1 Å². The summed E-state index contributed by atoms with van der Waals surface area (Å²) >= 11 is 0. The van der Waals surface area contributed by atoms with Crippen molar-refractivity contribution in [1.82, 2.24) is 0 Å². The van der Waals surface area contributed by atoms with Crippen LogP contribution >= 0.6 is 0 Å². The summed E-state index contributed by atoms with van der Waals surface area (Å²) in [5, 5.41) is 0. The molecule has 0 bridgehead atoms. The number of benzene rings is 1. The van der Waals surface area contributed by atoms with Crippen LogP contribution in [-0.2, 0) is 0 Å². The van der Waals surface area contributed by atoms with Crippen LogP contribution in [0, 0.1) is 0 Å². The average molecular weight is 272 g/mol. The Kier molecular flexibility index (Phi) is 5.11. The minimum absolute atomic E-state index is 0.0447. The highest BCUT2D eigenvalue weighted by molar-refractivity contribution is 5.43. The van der Waals surface area contributed by atoms with Gasteiger partial charge in [-0.05, 0) is 24.8 Å². The predicted molar refractivity (Wildman–Crippen MR) is 68.7 cm³/mol. The molecule has 1 nitrogen and oxygen atoms in total. The van der Waals surface area contributed by atoms with Gasteiger partial charge in [-0.3, -0.25) is 0 Å². The highest BCUT2D eigenvalue weighted by Gasteiger charge is 2.25. The molecule has 1 saturated carbocycles. The van der Waals surface area contributed by atoms with Gasteiger partial charge in [0.15, 0.2) is 0 Å². The fourth-order valence-electron chi connectivity index (χ4n) is 2.85. The van der Waals surface area contributed by atoms with E-state index in [0.29, 0.717) is 11.3 Å². The topological polar surface area (TPSA) is 9.23 Å². The molecule has 0 spiro atoms. The van der Waals surface area contributed by atoms with Gasteiger partial charge in [-0.25, -0.2) is 13.2 Å². The molecule has 1 aliphatic carbocycles. The van der Waals surface area contributed by atoms with E-state index in [4.69, 9.17) is 4.74 Å². The van der Waals surface area contributed by atoms with Crippen LogP contribution in [0.5, 0.6) is 5.75 Å². The zero-order valence-corrected chi connectivity index (χ0v) is 10.9. The molecule has 0 heterocycles. The molecule has 1 aliphatic rings. The van der Waals surface area contributed by atoms with Crippen molar-refractivity contribution in [2.24, 2.45) is 0 Å². The Morgan fingerprint density at radius 3 is 2.53 bits per heavy atom. The van der Waals surface area contributed by atoms with Crippen molar-refractivity contribution in [3.63, 3.8) is 0 Å². The van der Waals surface area contributed by atoms with Crippen LogP contribution in [0.1, 0.15) is 55.6 Å². The fourth-order valence-corrected chi connectivity index (χ4v) is 2.85. The highest BCUT2D eigenvalue weighted by atomic mass is 19.3. The van der Waals surface area contributed by atoms with E-state index in [1.807, 2.05) is 0 Å². The predicted octanol–water partition coefficient (Wildman–Crippen LogP) is 5.02. The number of hydrogen-bond donors (Lipinski definition) is 0. The molecule has 0 unspecified atom stereocenters. The van der Waals surface area contributed by atoms with Crippen LogP contribution in [0.15, 0.2) is 18.2 Å². The molecule has 1 fully saturated rings. The first-order chi connectivity index (χ1) is 9.24. The Balaban J connectivity index is 2.33. The molecule has 1 aromatic rings. The van der Waals surface area contributed by atoms with Gasteiger partial charge in [0.1, 0.15) is 19.0 Å². The quantitative estimate of drug-likeness (QED) is 0.731. The lowest BCUT2D eigenvalue weighted by Crippen LogP contribution is -2.11. The Bertz CT molecular complexity index is 400. The summed E-state index contributed by atoms with van der Waals surface area (Å²) in [5.74, 6) is 0.552. The molecule has 1 aromatic carbocycles. The Morgan fingerprint density at radius 1 is 1.16 bits per heavy atom. The van der Waals surface area contributed by atoms with Crippen molar-refractivity contribution in [1.29, 1.82) is 0 Å². The van der Waals surface area contributed by atoms with Crippen LogP contribution in [0.4, 0.5) is 13.2 Å². The second-order valence-electron chi connectivity index (χ2n) is 4.93. The maximum absolute atomic E-state index is 13.2. The van der Waals surface area contributed by atoms with Gasteiger partial charge in [-0.2, -0.15) is 0 Å². The number of ether oxygens (including phenoxy) is 1. The molecule has 0 N–H and O–H groups in total. The first kappa shape index (κ1) is 14.2. The fraction of sp³-hybridized carbons (Fsp3) is 0.600. The van der Waals surface area contributed by atoms with Crippen LogP contribution in [-0.4, -0.2) is 13.3 Å². The summed E-state index contributed by atoms with van der Waals surface area (Å²) in [6.45, 7) is -0.685. The van der Waals surface area contributed by atoms with E-state index < -0.39 is 13.1 Å². The summed E-state index contributed by atoms with van der Waals surface area (Å²) in [4.78, 5) is 0. The number of rotatable bonds is 5. The molecular weight excluding hydrogens is 253 g/mol. The van der Waals surface area contributed by atoms with Crippen LogP contribution in [0.2, 0.25) is 0 Å². The van der Waals surface area contributed by atoms with Crippen molar-refractivity contribution in [2.75, 3.05) is 13.3 Å². The van der Waals surface area contributed by atoms with Crippen molar-refractivity contribution < 1.29 is 17.9 Å². The lowest BCUT2D eigenvalue weighted by Gasteiger charge is -2.26. The van der Waals surface area contributed by atoms with Crippen molar-refractivity contribution in [3.8, 4) is 5.75 Å². The van der Waals surface area contributed by atoms with E-state index in [1.54, 1.807) is 12.1 Å². The number of halogens is 3. The van der Waals surface area contributed by atoms with Gasteiger partial charge in [0.05, 0.1) is 0 Å². The third-order valence-electron chi connectivity index (χ3n) is 3.68. The standard InChI is InChI=1S/C15H19F3O/c16-9-10-19-13-8-4-7-12(15(17)18)14(13)11-5-2-1-3-6-11/h4,7-8,11,15H,1-3,5-6,9-10H2. The first-order valence-electron chi connectivity index (χ1n) is 6.83. The van der Waals surface area contributed by atoms with Crippen molar-refractivity contribution in [3.05, 3.63) is 29.3 Å². The maximum Gasteiger partial charge on any atom is 0.264 e. The number of hydrogen-bond acceptors (Lipinski definition) is 1. The van der Waals surface area contributed by atoms with Crippen LogP contribution in [0.25, 0.3) is 0 Å². The molecule has 0 atom stereocenters. The molecule has 0 radical (unpaired) electrons. The maximum atomic E-state index is 13.2. The SMILES string of the molecule is FCCOc1cccc(C(F)F)c1C1CCCCC1. The molecule has 2 rings (SSSR count). The summed E-state index contributed by atoms with van der Waals surface area (Å²) in [7, 11) is 0. The molecule has 19 heavy (non-hydrogen) atoms. The van der Waals surface area contributed by atoms with E-state index >= 15 is 0 Å². The zero-order valence-electron chi connectivity index (χ0n) is 10.9. The van der Waals surface area contributed by atoms with Crippen molar-refractivity contribution >= 4 is 0 Å². The monoisotopic (exact) mass is 272 g/mol. The van der Waals surface area contributed by atoms with E-state index in [2.05, 4.69) is 0 Å². The largest absolute Gasteiger partial charge is 0.491 e. The van der Waals surface area contributed by atoms with Crippen LogP contribution in [0.3, 0.4) is 0 Å². The highest BCUT2D eigenvalue weighted by Crippen LogP contribution is 2.42. The molecule has 0 saturated heterocycles. The zero-order chi connectivity index (χ0) is 13.7. The normalized spacial score (nSPS) is 16.8. The third-order valence-corrected chi connectivity index (χ3v) is 3.68. The third kappa shape index (κ3) is 3.43. The lowest BCUT2D eigenvalue weighted by molar-refractivity contribution is 0.148. The van der Waals surface area contributed by atoms with Gasteiger partial charge in [0.25, 0.3) is 6.43 Å². The Labute approximate surface area is 111 Å². The van der Waals surface area contributed by atoms with Gasteiger partial charge >= 0.3 is 0 Å². The van der Waals surface area contributed by atoms with E-state index in [9.17, 15) is 13.2 Å². The Hall–Kier alpha value is -1.19. The van der Waals surface area contributed by atoms with Gasteiger partial charge in [0.2, 0.25) is 0 Å². The molecule has 0 aliphatic heterocycles. The summed E-state index contributed by atoms with van der Waals surface area (Å²) in [6.07, 6.45) is 2.60. The van der Waals surface area contributed by atoms with Gasteiger partial charge < -0.3 is 4.74 Å².